The molecule has 0 bridgehead atoms. The zero-order chi connectivity index (χ0) is 9.84. The second-order valence-electron chi connectivity index (χ2n) is 3.10. The first kappa shape index (κ1) is 10.7. The summed E-state index contributed by atoms with van der Waals surface area (Å²) in [6.45, 7) is 2.15. The number of rotatable bonds is 3. The topological polar surface area (TPSA) is 46.2 Å². The smallest absolute Gasteiger partial charge is 0.0449 e. The van der Waals surface area contributed by atoms with Crippen molar-refractivity contribution in [3.05, 3.63) is 33.8 Å². The standard InChI is InChI=1S/C10H14BrNO/c1-7-3-2-4-8(10(7)11)9(12)5-6-13/h2-4,9,13H,5-6,12H2,1H3/t9-/m1/s1. The Morgan fingerprint density at radius 2 is 2.23 bits per heavy atom. The number of hydrogen-bond acceptors (Lipinski definition) is 2. The summed E-state index contributed by atoms with van der Waals surface area (Å²) in [7, 11) is 0. The zero-order valence-corrected chi connectivity index (χ0v) is 9.21. The normalized spacial score (nSPS) is 12.9. The van der Waals surface area contributed by atoms with E-state index in [2.05, 4.69) is 15.9 Å². The van der Waals surface area contributed by atoms with Gasteiger partial charge in [-0.1, -0.05) is 34.1 Å². The third kappa shape index (κ3) is 2.53. The number of aliphatic hydroxyl groups is 1. The van der Waals surface area contributed by atoms with Crippen LogP contribution in [0.2, 0.25) is 0 Å². The van der Waals surface area contributed by atoms with Crippen molar-refractivity contribution >= 4 is 15.9 Å². The van der Waals surface area contributed by atoms with Crippen LogP contribution in [0.4, 0.5) is 0 Å². The SMILES string of the molecule is Cc1cccc([C@H](N)CCO)c1Br. The van der Waals surface area contributed by atoms with Gasteiger partial charge in [0.2, 0.25) is 0 Å². The molecule has 0 heterocycles. The Hall–Kier alpha value is -0.380. The first-order valence-electron chi connectivity index (χ1n) is 4.28. The van der Waals surface area contributed by atoms with Gasteiger partial charge in [-0.2, -0.15) is 0 Å². The van der Waals surface area contributed by atoms with Crippen molar-refractivity contribution in [2.24, 2.45) is 5.73 Å². The molecule has 0 fully saturated rings. The van der Waals surface area contributed by atoms with Crippen LogP contribution in [0.15, 0.2) is 22.7 Å². The van der Waals surface area contributed by atoms with Crippen LogP contribution in [-0.4, -0.2) is 11.7 Å². The molecule has 0 unspecified atom stereocenters. The Kier molecular flexibility index (Phi) is 3.90. The molecule has 0 amide bonds. The highest BCUT2D eigenvalue weighted by atomic mass is 79.9. The van der Waals surface area contributed by atoms with Crippen LogP contribution in [0.1, 0.15) is 23.6 Å². The molecule has 0 saturated heterocycles. The summed E-state index contributed by atoms with van der Waals surface area (Å²) in [6, 6.07) is 5.91. The summed E-state index contributed by atoms with van der Waals surface area (Å²) in [5, 5.41) is 8.76. The van der Waals surface area contributed by atoms with E-state index in [1.165, 1.54) is 5.56 Å². The van der Waals surface area contributed by atoms with Crippen molar-refractivity contribution in [2.45, 2.75) is 19.4 Å². The molecular formula is C10H14BrNO. The van der Waals surface area contributed by atoms with Crippen molar-refractivity contribution in [1.82, 2.24) is 0 Å². The van der Waals surface area contributed by atoms with Crippen molar-refractivity contribution < 1.29 is 5.11 Å². The maximum Gasteiger partial charge on any atom is 0.0449 e. The summed E-state index contributed by atoms with van der Waals surface area (Å²) in [6.07, 6.45) is 0.599. The van der Waals surface area contributed by atoms with Crippen LogP contribution < -0.4 is 5.73 Å². The lowest BCUT2D eigenvalue weighted by Gasteiger charge is -2.13. The minimum Gasteiger partial charge on any atom is -0.396 e. The summed E-state index contributed by atoms with van der Waals surface area (Å²) < 4.78 is 1.05. The third-order valence-corrected chi connectivity index (χ3v) is 3.14. The van der Waals surface area contributed by atoms with Crippen LogP contribution in [-0.2, 0) is 0 Å². The van der Waals surface area contributed by atoms with E-state index in [0.717, 1.165) is 10.0 Å². The van der Waals surface area contributed by atoms with Gasteiger partial charge >= 0.3 is 0 Å². The summed E-state index contributed by atoms with van der Waals surface area (Å²) in [5.74, 6) is 0. The molecule has 0 radical (unpaired) electrons. The van der Waals surface area contributed by atoms with Gasteiger partial charge in [0.05, 0.1) is 0 Å². The van der Waals surface area contributed by atoms with Gasteiger partial charge < -0.3 is 10.8 Å². The van der Waals surface area contributed by atoms with E-state index in [9.17, 15) is 0 Å². The predicted octanol–water partition coefficient (Wildman–Crippen LogP) is 2.14. The first-order chi connectivity index (χ1) is 6.16. The molecule has 0 aromatic heterocycles. The number of nitrogens with two attached hydrogens (primary N) is 1. The molecule has 0 saturated carbocycles. The number of halogens is 1. The summed E-state index contributed by atoms with van der Waals surface area (Å²) in [5.41, 5.74) is 8.12. The third-order valence-electron chi connectivity index (χ3n) is 2.06. The summed E-state index contributed by atoms with van der Waals surface area (Å²) in [4.78, 5) is 0. The Labute approximate surface area is 86.9 Å². The van der Waals surface area contributed by atoms with E-state index in [4.69, 9.17) is 10.8 Å². The summed E-state index contributed by atoms with van der Waals surface area (Å²) >= 11 is 3.49. The van der Waals surface area contributed by atoms with Crippen LogP contribution >= 0.6 is 15.9 Å². The highest BCUT2D eigenvalue weighted by Gasteiger charge is 2.09. The number of aliphatic hydroxyl groups excluding tert-OH is 1. The number of benzene rings is 1. The molecule has 0 aliphatic carbocycles. The Morgan fingerprint density at radius 3 is 2.85 bits per heavy atom. The van der Waals surface area contributed by atoms with Gasteiger partial charge in [0.25, 0.3) is 0 Å². The molecule has 0 aliphatic heterocycles. The average molecular weight is 244 g/mol. The quantitative estimate of drug-likeness (QED) is 0.855. The number of hydrogen-bond donors (Lipinski definition) is 2. The van der Waals surface area contributed by atoms with Gasteiger partial charge in [-0.3, -0.25) is 0 Å². The fourth-order valence-electron chi connectivity index (χ4n) is 1.25. The fraction of sp³-hybridized carbons (Fsp3) is 0.400. The van der Waals surface area contributed by atoms with E-state index < -0.39 is 0 Å². The molecule has 1 atom stereocenters. The van der Waals surface area contributed by atoms with Gasteiger partial charge in [-0.05, 0) is 24.5 Å². The Morgan fingerprint density at radius 1 is 1.54 bits per heavy atom. The van der Waals surface area contributed by atoms with Gasteiger partial charge in [0.1, 0.15) is 0 Å². The largest absolute Gasteiger partial charge is 0.396 e. The lowest BCUT2D eigenvalue weighted by molar-refractivity contribution is 0.276. The van der Waals surface area contributed by atoms with E-state index >= 15 is 0 Å². The molecule has 3 heteroatoms. The molecule has 1 aromatic carbocycles. The van der Waals surface area contributed by atoms with E-state index in [1.54, 1.807) is 0 Å². The average Bonchev–Trinajstić information content (AvgIpc) is 2.10. The number of aryl methyl sites for hydroxylation is 1. The van der Waals surface area contributed by atoms with Crippen LogP contribution in [0.3, 0.4) is 0 Å². The molecule has 3 N–H and O–H groups in total. The molecule has 0 aliphatic rings. The van der Waals surface area contributed by atoms with Crippen LogP contribution in [0, 0.1) is 6.92 Å². The molecule has 2 nitrogen and oxygen atoms in total. The van der Waals surface area contributed by atoms with Crippen LogP contribution in [0.25, 0.3) is 0 Å². The zero-order valence-electron chi connectivity index (χ0n) is 7.63. The lowest BCUT2D eigenvalue weighted by atomic mass is 10.0. The fourth-order valence-corrected chi connectivity index (χ4v) is 1.81. The van der Waals surface area contributed by atoms with E-state index in [1.807, 2.05) is 25.1 Å². The van der Waals surface area contributed by atoms with Gasteiger partial charge in [0, 0.05) is 17.1 Å². The van der Waals surface area contributed by atoms with Crippen molar-refractivity contribution in [2.75, 3.05) is 6.61 Å². The second kappa shape index (κ2) is 4.74. The molecule has 0 spiro atoms. The maximum absolute atomic E-state index is 8.76. The monoisotopic (exact) mass is 243 g/mol. The Balaban J connectivity index is 2.93. The van der Waals surface area contributed by atoms with Crippen molar-refractivity contribution in [3.8, 4) is 0 Å². The van der Waals surface area contributed by atoms with Gasteiger partial charge in [-0.15, -0.1) is 0 Å². The molecule has 1 aromatic rings. The molecule has 72 valence electrons. The van der Waals surface area contributed by atoms with Crippen LogP contribution in [0.5, 0.6) is 0 Å². The molecule has 1 rings (SSSR count). The van der Waals surface area contributed by atoms with Crippen molar-refractivity contribution in [3.63, 3.8) is 0 Å². The predicted molar refractivity (Wildman–Crippen MR) is 57.5 cm³/mol. The Bertz CT molecular complexity index is 288. The van der Waals surface area contributed by atoms with E-state index in [-0.39, 0.29) is 12.6 Å². The van der Waals surface area contributed by atoms with Gasteiger partial charge in [0.15, 0.2) is 0 Å². The van der Waals surface area contributed by atoms with Gasteiger partial charge in [-0.25, -0.2) is 0 Å². The highest BCUT2D eigenvalue weighted by Crippen LogP contribution is 2.26. The molecular weight excluding hydrogens is 230 g/mol. The second-order valence-corrected chi connectivity index (χ2v) is 3.89. The van der Waals surface area contributed by atoms with Crippen molar-refractivity contribution in [1.29, 1.82) is 0 Å². The minimum atomic E-state index is -0.0840. The first-order valence-corrected chi connectivity index (χ1v) is 5.07. The molecule has 13 heavy (non-hydrogen) atoms. The lowest BCUT2D eigenvalue weighted by Crippen LogP contribution is -2.12. The maximum atomic E-state index is 8.76. The van der Waals surface area contributed by atoms with E-state index in [0.29, 0.717) is 6.42 Å². The highest BCUT2D eigenvalue weighted by molar-refractivity contribution is 9.10. The minimum absolute atomic E-state index is 0.0840.